The highest BCUT2D eigenvalue weighted by molar-refractivity contribution is 5.88. The minimum atomic E-state index is -1.20. The van der Waals surface area contributed by atoms with E-state index in [0.717, 1.165) is 30.4 Å². The van der Waals surface area contributed by atoms with Crippen LogP contribution in [0.15, 0.2) is 85.1 Å². The lowest BCUT2D eigenvalue weighted by atomic mass is 9.54. The van der Waals surface area contributed by atoms with Crippen LogP contribution in [-0.4, -0.2) is 47.4 Å². The summed E-state index contributed by atoms with van der Waals surface area (Å²) >= 11 is 0. The molecule has 260 valence electrons. The first-order valence-corrected chi connectivity index (χ1v) is 17.1. The number of esters is 2. The number of carbonyl (C=O) groups excluding carboxylic acids is 4. The third-order valence-corrected chi connectivity index (χ3v) is 10.00. The smallest absolute Gasteiger partial charge is 0.457 e. The number of hydrogen-bond acceptors (Lipinski definition) is 9. The Hall–Kier alpha value is -5.32. The Bertz CT molecular complexity index is 1800. The SMILES string of the molecule is O=C(COC(=O)[C@H](Cc1c[nH]c2ccc(OC(=O)OCc3ccccc3)cc12)NC(=O)OCc1ccccc1)OC12CC3CC(CC(C3)C1)C2. The molecule has 0 aliphatic heterocycles. The molecule has 8 rings (SSSR count). The summed E-state index contributed by atoms with van der Waals surface area (Å²) in [6, 6.07) is 22.2. The molecule has 11 nitrogen and oxygen atoms in total. The summed E-state index contributed by atoms with van der Waals surface area (Å²) in [5.74, 6) is 0.615. The molecule has 4 bridgehead atoms. The molecule has 4 saturated carbocycles. The number of nitrogens with one attached hydrogen (secondary N) is 2. The molecule has 0 spiro atoms. The van der Waals surface area contributed by atoms with E-state index in [2.05, 4.69) is 10.3 Å². The molecule has 4 aromatic rings. The molecular formula is C39H40N2O9. The molecule has 4 aliphatic carbocycles. The predicted octanol–water partition coefficient (Wildman–Crippen LogP) is 6.78. The predicted molar refractivity (Wildman–Crippen MR) is 181 cm³/mol. The van der Waals surface area contributed by atoms with E-state index < -0.39 is 42.4 Å². The maximum absolute atomic E-state index is 13.5. The number of ether oxygens (including phenoxy) is 5. The molecule has 1 heterocycles. The van der Waals surface area contributed by atoms with Gasteiger partial charge in [0.15, 0.2) is 6.61 Å². The van der Waals surface area contributed by atoms with Gasteiger partial charge in [0.05, 0.1) is 0 Å². The van der Waals surface area contributed by atoms with E-state index in [0.29, 0.717) is 34.2 Å². The van der Waals surface area contributed by atoms with Crippen molar-refractivity contribution >= 4 is 35.1 Å². The van der Waals surface area contributed by atoms with Crippen molar-refractivity contribution in [3.05, 3.63) is 102 Å². The molecule has 11 heteroatoms. The summed E-state index contributed by atoms with van der Waals surface area (Å²) in [4.78, 5) is 55.0. The van der Waals surface area contributed by atoms with Crippen molar-refractivity contribution < 1.29 is 42.9 Å². The van der Waals surface area contributed by atoms with Gasteiger partial charge < -0.3 is 34.0 Å². The maximum atomic E-state index is 13.5. The number of H-pyrrole nitrogens is 1. The Kier molecular flexibility index (Phi) is 9.73. The van der Waals surface area contributed by atoms with E-state index in [9.17, 15) is 19.2 Å². The number of aromatic amines is 1. The summed E-state index contributed by atoms with van der Waals surface area (Å²) in [5, 5.41) is 3.26. The van der Waals surface area contributed by atoms with Crippen LogP contribution in [0.5, 0.6) is 5.75 Å². The fraction of sp³-hybridized carbons (Fsp3) is 0.385. The number of alkyl carbamates (subject to hydrolysis) is 1. The van der Waals surface area contributed by atoms with Crippen molar-refractivity contribution in [1.82, 2.24) is 10.3 Å². The quantitative estimate of drug-likeness (QED) is 0.0941. The average Bonchev–Trinajstić information content (AvgIpc) is 3.50. The monoisotopic (exact) mass is 680 g/mol. The Balaban J connectivity index is 1.01. The molecule has 1 atom stereocenters. The fourth-order valence-electron chi connectivity index (χ4n) is 8.21. The second kappa shape index (κ2) is 14.7. The van der Waals surface area contributed by atoms with Crippen molar-refractivity contribution in [1.29, 1.82) is 0 Å². The van der Waals surface area contributed by atoms with E-state index in [-0.39, 0.29) is 25.4 Å². The zero-order valence-corrected chi connectivity index (χ0v) is 27.6. The number of aromatic nitrogens is 1. The summed E-state index contributed by atoms with van der Waals surface area (Å²) < 4.78 is 27.5. The lowest BCUT2D eigenvalue weighted by Crippen LogP contribution is -2.53. The van der Waals surface area contributed by atoms with Gasteiger partial charge in [0.2, 0.25) is 0 Å². The molecule has 0 radical (unpaired) electrons. The number of amides is 1. The van der Waals surface area contributed by atoms with Gasteiger partial charge in [-0.15, -0.1) is 0 Å². The molecule has 1 amide bonds. The summed E-state index contributed by atoms with van der Waals surface area (Å²) in [5.41, 5.74) is 2.48. The highest BCUT2D eigenvalue weighted by Crippen LogP contribution is 2.57. The summed E-state index contributed by atoms with van der Waals surface area (Å²) in [6.45, 7) is -0.502. The van der Waals surface area contributed by atoms with E-state index in [1.807, 2.05) is 60.7 Å². The van der Waals surface area contributed by atoms with Gasteiger partial charge >= 0.3 is 24.2 Å². The van der Waals surface area contributed by atoms with Gasteiger partial charge in [-0.2, -0.15) is 0 Å². The van der Waals surface area contributed by atoms with Crippen LogP contribution in [0, 0.1) is 17.8 Å². The summed E-state index contributed by atoms with van der Waals surface area (Å²) in [6.07, 6.45) is 6.23. The van der Waals surface area contributed by atoms with Crippen LogP contribution in [0.3, 0.4) is 0 Å². The molecule has 50 heavy (non-hydrogen) atoms. The van der Waals surface area contributed by atoms with E-state index in [1.165, 1.54) is 19.3 Å². The second-order valence-corrected chi connectivity index (χ2v) is 13.8. The number of carbonyl (C=O) groups is 4. The van der Waals surface area contributed by atoms with Crippen molar-refractivity contribution in [2.75, 3.05) is 6.61 Å². The Morgan fingerprint density at radius 1 is 0.780 bits per heavy atom. The highest BCUT2D eigenvalue weighted by Gasteiger charge is 2.53. The Morgan fingerprint density at radius 2 is 1.40 bits per heavy atom. The molecule has 1 aromatic heterocycles. The van der Waals surface area contributed by atoms with Crippen LogP contribution in [0.25, 0.3) is 10.9 Å². The average molecular weight is 681 g/mol. The van der Waals surface area contributed by atoms with Crippen LogP contribution < -0.4 is 10.1 Å². The second-order valence-electron chi connectivity index (χ2n) is 13.8. The van der Waals surface area contributed by atoms with Crippen LogP contribution >= 0.6 is 0 Å². The van der Waals surface area contributed by atoms with Crippen LogP contribution in [0.2, 0.25) is 0 Å². The van der Waals surface area contributed by atoms with E-state index >= 15 is 0 Å². The maximum Gasteiger partial charge on any atom is 0.514 e. The standard InChI is InChI=1S/C39H40N2O9/c42-35(50-39-18-27-13-28(19-39)15-29(14-27)20-39)24-46-36(43)34(41-37(44)47-22-25-7-3-1-4-8-25)16-30-21-40-33-12-11-31(17-32(30)33)49-38(45)48-23-26-9-5-2-6-10-26/h1-12,17,21,27-29,34,40H,13-16,18-20,22-24H2,(H,41,44)/t27?,28?,29?,34-,39?/m0/s1. The number of rotatable bonds is 12. The topological polar surface area (TPSA) is 142 Å². The first-order chi connectivity index (χ1) is 24.3. The fourth-order valence-corrected chi connectivity index (χ4v) is 8.21. The van der Waals surface area contributed by atoms with Gasteiger partial charge in [-0.1, -0.05) is 60.7 Å². The first kappa shape index (κ1) is 33.2. The lowest BCUT2D eigenvalue weighted by molar-refractivity contribution is -0.192. The third-order valence-electron chi connectivity index (χ3n) is 10.00. The number of hydrogen-bond donors (Lipinski definition) is 2. The van der Waals surface area contributed by atoms with Crippen LogP contribution in [0.4, 0.5) is 9.59 Å². The molecule has 3 aromatic carbocycles. The van der Waals surface area contributed by atoms with Gasteiger partial charge in [0.25, 0.3) is 0 Å². The van der Waals surface area contributed by atoms with Gasteiger partial charge in [-0.25, -0.2) is 19.2 Å². The minimum Gasteiger partial charge on any atom is -0.457 e. The lowest BCUT2D eigenvalue weighted by Gasteiger charge is -2.55. The molecule has 0 saturated heterocycles. The van der Waals surface area contributed by atoms with Crippen LogP contribution in [0.1, 0.15) is 55.2 Å². The normalized spacial score (nSPS) is 22.4. The molecule has 4 fully saturated rings. The van der Waals surface area contributed by atoms with Gasteiger partial charge in [0, 0.05) is 23.5 Å². The molecule has 2 N–H and O–H groups in total. The van der Waals surface area contributed by atoms with Gasteiger partial charge in [-0.05, 0) is 91.2 Å². The summed E-state index contributed by atoms with van der Waals surface area (Å²) in [7, 11) is 0. The molecule has 4 aliphatic rings. The minimum absolute atomic E-state index is 0.0000119. The van der Waals surface area contributed by atoms with Gasteiger partial charge in [-0.3, -0.25) is 0 Å². The highest BCUT2D eigenvalue weighted by atomic mass is 16.7. The largest absolute Gasteiger partial charge is 0.514 e. The first-order valence-electron chi connectivity index (χ1n) is 17.1. The van der Waals surface area contributed by atoms with E-state index in [4.69, 9.17) is 23.7 Å². The van der Waals surface area contributed by atoms with Crippen LogP contribution in [-0.2, 0) is 48.2 Å². The van der Waals surface area contributed by atoms with Gasteiger partial charge in [0.1, 0.15) is 30.6 Å². The number of fused-ring (bicyclic) bond motifs is 1. The molecule has 0 unspecified atom stereocenters. The molecular weight excluding hydrogens is 640 g/mol. The number of benzene rings is 3. The van der Waals surface area contributed by atoms with Crippen molar-refractivity contribution in [2.45, 2.75) is 69.8 Å². The Labute approximate surface area is 289 Å². The van der Waals surface area contributed by atoms with Crippen molar-refractivity contribution in [2.24, 2.45) is 17.8 Å². The van der Waals surface area contributed by atoms with Crippen molar-refractivity contribution in [3.8, 4) is 5.75 Å². The Morgan fingerprint density at radius 3 is 2.04 bits per heavy atom. The van der Waals surface area contributed by atoms with E-state index in [1.54, 1.807) is 24.4 Å². The third kappa shape index (κ3) is 8.10. The zero-order valence-electron chi connectivity index (χ0n) is 27.6. The zero-order chi connectivity index (χ0) is 34.5. The van der Waals surface area contributed by atoms with Crippen molar-refractivity contribution in [3.63, 3.8) is 0 Å².